The van der Waals surface area contributed by atoms with E-state index >= 15 is 0 Å². The highest BCUT2D eigenvalue weighted by molar-refractivity contribution is 5.23. The summed E-state index contributed by atoms with van der Waals surface area (Å²) in [5, 5.41) is 0. The van der Waals surface area contributed by atoms with Gasteiger partial charge in [0.2, 0.25) is 0 Å². The molecule has 7 nitrogen and oxygen atoms in total. The third-order valence-electron chi connectivity index (χ3n) is 3.99. The maximum Gasteiger partial charge on any atom is 0.351 e. The Morgan fingerprint density at radius 1 is 1.24 bits per heavy atom. The first kappa shape index (κ1) is 19.9. The molecule has 7 heteroatoms. The Morgan fingerprint density at radius 3 is 2.36 bits per heavy atom. The van der Waals surface area contributed by atoms with E-state index in [-0.39, 0.29) is 29.0 Å². The van der Waals surface area contributed by atoms with Crippen LogP contribution in [-0.4, -0.2) is 40.6 Å². The Bertz CT molecular complexity index is 645. The third kappa shape index (κ3) is 5.03. The lowest BCUT2D eigenvalue weighted by molar-refractivity contribution is -0.124. The van der Waals surface area contributed by atoms with Crippen LogP contribution in [0.2, 0.25) is 0 Å². The van der Waals surface area contributed by atoms with Crippen molar-refractivity contribution in [2.45, 2.75) is 78.1 Å². The second-order valence-electron chi connectivity index (χ2n) is 8.77. The first-order valence-corrected chi connectivity index (χ1v) is 8.62. The van der Waals surface area contributed by atoms with Crippen molar-refractivity contribution < 1.29 is 14.2 Å². The number of ether oxygens (including phenoxy) is 3. The molecule has 25 heavy (non-hydrogen) atoms. The fourth-order valence-electron chi connectivity index (χ4n) is 3.12. The van der Waals surface area contributed by atoms with Gasteiger partial charge in [0.1, 0.15) is 18.0 Å². The molecule has 2 N–H and O–H groups in total. The predicted octanol–water partition coefficient (Wildman–Crippen LogP) is 2.36. The van der Waals surface area contributed by atoms with Gasteiger partial charge >= 0.3 is 5.69 Å². The summed E-state index contributed by atoms with van der Waals surface area (Å²) in [6.45, 7) is 12.4. The summed E-state index contributed by atoms with van der Waals surface area (Å²) in [5.41, 5.74) is 4.82. The summed E-state index contributed by atoms with van der Waals surface area (Å²) < 4.78 is 19.6. The number of hydrogen-bond donors (Lipinski definition) is 1. The fourth-order valence-corrected chi connectivity index (χ4v) is 3.12. The van der Waals surface area contributed by atoms with E-state index in [1.54, 1.807) is 19.4 Å². The fraction of sp³-hybridized carbons (Fsp3) is 0.778. The minimum atomic E-state index is -0.606. The van der Waals surface area contributed by atoms with E-state index in [0.29, 0.717) is 0 Å². The molecule has 0 spiro atoms. The standard InChI is InChI=1S/C18H31N3O4/c1-17(2,3)10-11-13(25-18(4,5)6)14(23-7)15(24-11)21-9-8-12(19)20-16(21)22/h8-9,11,13-15H,10H2,1-7H3,(H2,19,20,22)/t11-,13?,14?,15-/m1/s1. The predicted molar refractivity (Wildman–Crippen MR) is 96.3 cm³/mol. The number of nitrogen functional groups attached to an aromatic ring is 1. The molecular weight excluding hydrogens is 322 g/mol. The van der Waals surface area contributed by atoms with Crippen LogP contribution in [0.4, 0.5) is 5.82 Å². The first-order chi connectivity index (χ1) is 11.4. The van der Waals surface area contributed by atoms with E-state index in [1.165, 1.54) is 4.57 Å². The minimum absolute atomic E-state index is 0.0433. The number of aromatic nitrogens is 2. The van der Waals surface area contributed by atoms with Gasteiger partial charge in [0.15, 0.2) is 6.23 Å². The maximum absolute atomic E-state index is 12.3. The van der Waals surface area contributed by atoms with Crippen LogP contribution in [0.25, 0.3) is 0 Å². The van der Waals surface area contributed by atoms with Crippen LogP contribution in [0.15, 0.2) is 17.1 Å². The highest BCUT2D eigenvalue weighted by Gasteiger charge is 2.49. The topological polar surface area (TPSA) is 88.6 Å². The van der Waals surface area contributed by atoms with Crippen LogP contribution >= 0.6 is 0 Å². The normalized spacial score (nSPS) is 27.6. The Balaban J connectivity index is 2.39. The Labute approximate surface area is 149 Å². The van der Waals surface area contributed by atoms with Crippen molar-refractivity contribution in [3.05, 3.63) is 22.7 Å². The zero-order valence-electron chi connectivity index (χ0n) is 16.3. The summed E-state index contributed by atoms with van der Waals surface area (Å²) in [6.07, 6.45) is 0.855. The molecule has 0 aromatic carbocycles. The monoisotopic (exact) mass is 353 g/mol. The van der Waals surface area contributed by atoms with E-state index < -0.39 is 18.0 Å². The smallest absolute Gasteiger partial charge is 0.351 e. The number of hydrogen-bond acceptors (Lipinski definition) is 6. The lowest BCUT2D eigenvalue weighted by Crippen LogP contribution is -2.43. The summed E-state index contributed by atoms with van der Waals surface area (Å²) in [5.74, 6) is 0.182. The zero-order chi connectivity index (χ0) is 19.0. The molecular formula is C18H31N3O4. The summed E-state index contributed by atoms with van der Waals surface area (Å²) >= 11 is 0. The van der Waals surface area contributed by atoms with E-state index in [4.69, 9.17) is 19.9 Å². The number of methoxy groups -OCH3 is 1. The van der Waals surface area contributed by atoms with E-state index in [0.717, 1.165) is 6.42 Å². The molecule has 1 aliphatic rings. The largest absolute Gasteiger partial charge is 0.383 e. The van der Waals surface area contributed by atoms with Crippen LogP contribution in [0.3, 0.4) is 0 Å². The van der Waals surface area contributed by atoms with Crippen molar-refractivity contribution in [1.29, 1.82) is 0 Å². The summed E-state index contributed by atoms with van der Waals surface area (Å²) in [6, 6.07) is 1.58. The SMILES string of the molecule is COC1C(OC(C)(C)C)[C@@H](CC(C)(C)C)O[C@H]1n1ccc(N)nc1=O. The molecule has 0 aliphatic carbocycles. The number of rotatable bonds is 4. The minimum Gasteiger partial charge on any atom is -0.383 e. The van der Waals surface area contributed by atoms with Crippen molar-refractivity contribution in [3.8, 4) is 0 Å². The molecule has 0 radical (unpaired) electrons. The van der Waals surface area contributed by atoms with Crippen molar-refractivity contribution in [1.82, 2.24) is 9.55 Å². The molecule has 1 aromatic rings. The van der Waals surface area contributed by atoms with E-state index in [9.17, 15) is 4.79 Å². The average Bonchev–Trinajstić information content (AvgIpc) is 2.72. The molecule has 0 amide bonds. The average molecular weight is 353 g/mol. The van der Waals surface area contributed by atoms with Gasteiger partial charge in [0.05, 0.1) is 11.7 Å². The van der Waals surface area contributed by atoms with Crippen LogP contribution in [0.1, 0.15) is 54.2 Å². The number of nitrogens with zero attached hydrogens (tertiary/aromatic N) is 2. The van der Waals surface area contributed by atoms with Gasteiger partial charge in [-0.1, -0.05) is 20.8 Å². The van der Waals surface area contributed by atoms with Gasteiger partial charge in [-0.2, -0.15) is 4.98 Å². The Kier molecular flexibility index (Phi) is 5.61. The van der Waals surface area contributed by atoms with Gasteiger partial charge in [0, 0.05) is 13.3 Å². The van der Waals surface area contributed by atoms with Crippen LogP contribution < -0.4 is 11.4 Å². The molecule has 2 heterocycles. The summed E-state index contributed by atoms with van der Waals surface area (Å²) in [4.78, 5) is 16.1. The molecule has 1 saturated heterocycles. The number of nitrogens with two attached hydrogens (primary N) is 1. The number of anilines is 1. The van der Waals surface area contributed by atoms with Gasteiger partial charge in [0.25, 0.3) is 0 Å². The molecule has 1 fully saturated rings. The molecule has 142 valence electrons. The van der Waals surface area contributed by atoms with E-state index in [2.05, 4.69) is 25.8 Å². The molecule has 2 rings (SSSR count). The lowest BCUT2D eigenvalue weighted by atomic mass is 9.87. The molecule has 1 aliphatic heterocycles. The van der Waals surface area contributed by atoms with Gasteiger partial charge in [-0.05, 0) is 38.7 Å². The van der Waals surface area contributed by atoms with E-state index in [1.807, 2.05) is 20.8 Å². The highest BCUT2D eigenvalue weighted by Crippen LogP contribution is 2.39. The molecule has 4 atom stereocenters. The molecule has 0 bridgehead atoms. The van der Waals surface area contributed by atoms with Crippen LogP contribution in [0, 0.1) is 5.41 Å². The highest BCUT2D eigenvalue weighted by atomic mass is 16.6. The van der Waals surface area contributed by atoms with Crippen molar-refractivity contribution in [2.75, 3.05) is 12.8 Å². The van der Waals surface area contributed by atoms with Crippen molar-refractivity contribution in [2.24, 2.45) is 5.41 Å². The van der Waals surface area contributed by atoms with Gasteiger partial charge in [-0.3, -0.25) is 4.57 Å². The second-order valence-corrected chi connectivity index (χ2v) is 8.77. The lowest BCUT2D eigenvalue weighted by Gasteiger charge is -2.32. The molecule has 1 aromatic heterocycles. The van der Waals surface area contributed by atoms with Gasteiger partial charge in [-0.15, -0.1) is 0 Å². The van der Waals surface area contributed by atoms with Gasteiger partial charge in [-0.25, -0.2) is 4.79 Å². The van der Waals surface area contributed by atoms with Crippen LogP contribution in [0.5, 0.6) is 0 Å². The quantitative estimate of drug-likeness (QED) is 0.894. The van der Waals surface area contributed by atoms with Crippen LogP contribution in [-0.2, 0) is 14.2 Å². The third-order valence-corrected chi connectivity index (χ3v) is 3.99. The maximum atomic E-state index is 12.3. The Hall–Kier alpha value is -1.44. The zero-order valence-corrected chi connectivity index (χ0v) is 16.3. The molecule has 2 unspecified atom stereocenters. The van der Waals surface area contributed by atoms with Gasteiger partial charge < -0.3 is 19.9 Å². The first-order valence-electron chi connectivity index (χ1n) is 8.62. The summed E-state index contributed by atoms with van der Waals surface area (Å²) in [7, 11) is 1.61. The second kappa shape index (κ2) is 7.05. The van der Waals surface area contributed by atoms with Crippen molar-refractivity contribution >= 4 is 5.82 Å². The van der Waals surface area contributed by atoms with Crippen molar-refractivity contribution in [3.63, 3.8) is 0 Å². The Morgan fingerprint density at radius 2 is 1.88 bits per heavy atom. The molecule has 0 saturated carbocycles.